The third-order valence-electron chi connectivity index (χ3n) is 2.14. The van der Waals surface area contributed by atoms with Gasteiger partial charge in [0, 0.05) is 12.6 Å². The molecule has 1 amide bonds. The molecule has 15 heavy (non-hydrogen) atoms. The first-order valence-corrected chi connectivity index (χ1v) is 4.49. The standard InChI is InChI=1S/C11H10N2O2/c1-13-7-12-9(11(13)15)6-8-4-2-3-5-10(8)14/h2-7,14H,1H3/b9-6-. The van der Waals surface area contributed by atoms with Gasteiger partial charge in [0.15, 0.2) is 0 Å². The SMILES string of the molecule is CN1C=N/C(=C\c2ccccc2O)C1=O. The van der Waals surface area contributed by atoms with E-state index < -0.39 is 0 Å². The number of hydrogen-bond acceptors (Lipinski definition) is 3. The van der Waals surface area contributed by atoms with Crippen molar-refractivity contribution in [3.63, 3.8) is 0 Å². The molecule has 0 spiro atoms. The molecule has 0 saturated carbocycles. The van der Waals surface area contributed by atoms with Crippen molar-refractivity contribution in [1.82, 2.24) is 4.90 Å². The highest BCUT2D eigenvalue weighted by Gasteiger charge is 2.18. The predicted molar refractivity (Wildman–Crippen MR) is 57.3 cm³/mol. The summed E-state index contributed by atoms with van der Waals surface area (Å²) in [7, 11) is 1.64. The Morgan fingerprint density at radius 3 is 2.73 bits per heavy atom. The number of likely N-dealkylation sites (N-methyl/N-ethyl adjacent to an activating group) is 1. The van der Waals surface area contributed by atoms with Crippen LogP contribution in [0.2, 0.25) is 0 Å². The molecule has 1 N–H and O–H groups in total. The highest BCUT2D eigenvalue weighted by Crippen LogP contribution is 2.21. The molecule has 0 fully saturated rings. The number of benzene rings is 1. The van der Waals surface area contributed by atoms with Gasteiger partial charge in [-0.3, -0.25) is 4.79 Å². The van der Waals surface area contributed by atoms with Crippen LogP contribution < -0.4 is 0 Å². The Morgan fingerprint density at radius 1 is 1.40 bits per heavy atom. The van der Waals surface area contributed by atoms with Gasteiger partial charge in [0.05, 0.1) is 6.34 Å². The van der Waals surface area contributed by atoms with Crippen molar-refractivity contribution in [2.45, 2.75) is 0 Å². The molecule has 1 aromatic rings. The van der Waals surface area contributed by atoms with Crippen LogP contribution in [0.25, 0.3) is 6.08 Å². The van der Waals surface area contributed by atoms with Gasteiger partial charge in [0.1, 0.15) is 11.4 Å². The van der Waals surface area contributed by atoms with Crippen molar-refractivity contribution in [2.24, 2.45) is 4.99 Å². The van der Waals surface area contributed by atoms with Gasteiger partial charge < -0.3 is 10.0 Å². The monoisotopic (exact) mass is 202 g/mol. The summed E-state index contributed by atoms with van der Waals surface area (Å²) in [6.07, 6.45) is 3.02. The summed E-state index contributed by atoms with van der Waals surface area (Å²) in [4.78, 5) is 16.8. The molecule has 76 valence electrons. The minimum atomic E-state index is -0.168. The summed E-state index contributed by atoms with van der Waals surface area (Å²) in [6.45, 7) is 0. The quantitative estimate of drug-likeness (QED) is 0.696. The summed E-state index contributed by atoms with van der Waals surface area (Å²) in [6, 6.07) is 6.81. The van der Waals surface area contributed by atoms with Crippen molar-refractivity contribution >= 4 is 18.3 Å². The average Bonchev–Trinajstić information content (AvgIpc) is 2.53. The lowest BCUT2D eigenvalue weighted by Crippen LogP contribution is -2.19. The lowest BCUT2D eigenvalue weighted by molar-refractivity contribution is -0.121. The number of hydrogen-bond donors (Lipinski definition) is 1. The Kier molecular flexibility index (Phi) is 2.25. The molecule has 0 unspecified atom stereocenters. The smallest absolute Gasteiger partial charge is 0.277 e. The second-order valence-electron chi connectivity index (χ2n) is 3.25. The minimum absolute atomic E-state index is 0.141. The topological polar surface area (TPSA) is 52.9 Å². The first kappa shape index (κ1) is 9.45. The van der Waals surface area contributed by atoms with Crippen molar-refractivity contribution in [3.05, 3.63) is 35.5 Å². The number of aliphatic imine (C=N–C) groups is 1. The molecule has 1 aliphatic heterocycles. The molecule has 1 aromatic carbocycles. The second-order valence-corrected chi connectivity index (χ2v) is 3.25. The van der Waals surface area contributed by atoms with Crippen molar-refractivity contribution < 1.29 is 9.90 Å². The summed E-state index contributed by atoms with van der Waals surface area (Å²) < 4.78 is 0. The van der Waals surface area contributed by atoms with E-state index in [0.29, 0.717) is 11.3 Å². The number of carbonyl (C=O) groups excluding carboxylic acids is 1. The van der Waals surface area contributed by atoms with Gasteiger partial charge in [-0.15, -0.1) is 0 Å². The number of amides is 1. The normalized spacial score (nSPS) is 17.8. The van der Waals surface area contributed by atoms with E-state index in [-0.39, 0.29) is 11.7 Å². The van der Waals surface area contributed by atoms with Crippen molar-refractivity contribution in [3.8, 4) is 5.75 Å². The van der Waals surface area contributed by atoms with E-state index >= 15 is 0 Å². The van der Waals surface area contributed by atoms with Crippen molar-refractivity contribution in [2.75, 3.05) is 7.05 Å². The zero-order chi connectivity index (χ0) is 10.8. The largest absolute Gasteiger partial charge is 0.507 e. The Morgan fingerprint density at radius 2 is 2.13 bits per heavy atom. The molecule has 4 nitrogen and oxygen atoms in total. The molecule has 0 radical (unpaired) electrons. The van der Waals surface area contributed by atoms with E-state index in [2.05, 4.69) is 4.99 Å². The maximum atomic E-state index is 11.5. The summed E-state index contributed by atoms with van der Waals surface area (Å²) in [5, 5.41) is 9.50. The predicted octanol–water partition coefficient (Wildman–Crippen LogP) is 1.23. The lowest BCUT2D eigenvalue weighted by Gasteiger charge is -2.02. The molecule has 0 aromatic heterocycles. The Labute approximate surface area is 87.2 Å². The fraction of sp³-hybridized carbons (Fsp3) is 0.0909. The number of phenolic OH excluding ortho intramolecular Hbond substituents is 1. The number of nitrogens with zero attached hydrogens (tertiary/aromatic N) is 2. The van der Waals surface area contributed by atoms with Crippen molar-refractivity contribution in [1.29, 1.82) is 0 Å². The Hall–Kier alpha value is -2.10. The first-order valence-electron chi connectivity index (χ1n) is 4.49. The zero-order valence-corrected chi connectivity index (χ0v) is 8.21. The second kappa shape index (κ2) is 3.57. The Bertz CT molecular complexity index is 463. The van der Waals surface area contributed by atoms with E-state index in [0.717, 1.165) is 0 Å². The summed E-state index contributed by atoms with van der Waals surface area (Å²) in [5.74, 6) is -0.0270. The fourth-order valence-corrected chi connectivity index (χ4v) is 1.29. The molecule has 0 saturated heterocycles. The van der Waals surface area contributed by atoms with E-state index in [1.54, 1.807) is 37.4 Å². The van der Waals surface area contributed by atoms with Crippen LogP contribution in [0.1, 0.15) is 5.56 Å². The lowest BCUT2D eigenvalue weighted by atomic mass is 10.1. The van der Waals surface area contributed by atoms with Crippen LogP contribution in [-0.2, 0) is 4.79 Å². The number of rotatable bonds is 1. The molecule has 0 atom stereocenters. The van der Waals surface area contributed by atoms with Crippen LogP contribution in [0.15, 0.2) is 35.0 Å². The van der Waals surface area contributed by atoms with E-state index in [4.69, 9.17) is 0 Å². The molecule has 4 heteroatoms. The van der Waals surface area contributed by atoms with Gasteiger partial charge >= 0.3 is 0 Å². The fourth-order valence-electron chi connectivity index (χ4n) is 1.29. The van der Waals surface area contributed by atoms with E-state index in [9.17, 15) is 9.90 Å². The molecule has 0 aliphatic carbocycles. The third-order valence-corrected chi connectivity index (χ3v) is 2.14. The molecule has 1 heterocycles. The molecule has 1 aliphatic rings. The highest BCUT2D eigenvalue weighted by molar-refractivity contribution is 6.08. The van der Waals surface area contributed by atoms with Crippen LogP contribution in [0, 0.1) is 0 Å². The molecule has 2 rings (SSSR count). The highest BCUT2D eigenvalue weighted by atomic mass is 16.3. The third kappa shape index (κ3) is 1.74. The Balaban J connectivity index is 2.36. The molecule has 0 bridgehead atoms. The van der Waals surface area contributed by atoms with Gasteiger partial charge in [-0.1, -0.05) is 18.2 Å². The zero-order valence-electron chi connectivity index (χ0n) is 8.21. The summed E-state index contributed by atoms with van der Waals surface area (Å²) in [5.41, 5.74) is 0.923. The van der Waals surface area contributed by atoms with Gasteiger partial charge in [-0.25, -0.2) is 4.99 Å². The van der Waals surface area contributed by atoms with Gasteiger partial charge in [-0.2, -0.15) is 0 Å². The first-order chi connectivity index (χ1) is 7.18. The van der Waals surface area contributed by atoms with Crippen LogP contribution in [-0.4, -0.2) is 29.3 Å². The van der Waals surface area contributed by atoms with Crippen LogP contribution in [0.3, 0.4) is 0 Å². The molecular formula is C11H10N2O2. The van der Waals surface area contributed by atoms with Crippen LogP contribution >= 0.6 is 0 Å². The van der Waals surface area contributed by atoms with Crippen LogP contribution in [0.5, 0.6) is 5.75 Å². The summed E-state index contributed by atoms with van der Waals surface area (Å²) >= 11 is 0. The number of aromatic hydroxyl groups is 1. The van der Waals surface area contributed by atoms with Gasteiger partial charge in [-0.05, 0) is 12.1 Å². The maximum Gasteiger partial charge on any atom is 0.277 e. The van der Waals surface area contributed by atoms with E-state index in [1.807, 2.05) is 0 Å². The number of carbonyl (C=O) groups is 1. The van der Waals surface area contributed by atoms with Gasteiger partial charge in [0.2, 0.25) is 0 Å². The van der Waals surface area contributed by atoms with Gasteiger partial charge in [0.25, 0.3) is 5.91 Å². The van der Waals surface area contributed by atoms with Crippen LogP contribution in [0.4, 0.5) is 0 Å². The molecular weight excluding hydrogens is 192 g/mol. The van der Waals surface area contributed by atoms with E-state index in [1.165, 1.54) is 11.2 Å². The average molecular weight is 202 g/mol. The number of phenols is 1. The maximum absolute atomic E-state index is 11.5. The number of para-hydroxylation sites is 1. The minimum Gasteiger partial charge on any atom is -0.507 e.